The quantitative estimate of drug-likeness (QED) is 0.292. The topological polar surface area (TPSA) is 122 Å². The number of rotatable bonds is 7. The van der Waals surface area contributed by atoms with Crippen LogP contribution < -0.4 is 10.6 Å². The number of β-amino-alcohol motifs (C(OH)–C–C–N with tert-alkyl or cyclic N) is 2. The number of halogens is 3. The van der Waals surface area contributed by atoms with Gasteiger partial charge >= 0.3 is 0 Å². The molecule has 0 bridgehead atoms. The van der Waals surface area contributed by atoms with Crippen molar-refractivity contribution < 1.29 is 23.4 Å². The van der Waals surface area contributed by atoms with E-state index in [9.17, 15) is 19.0 Å². The fraction of sp³-hybridized carbons (Fsp3) is 0.519. The van der Waals surface area contributed by atoms with Crippen molar-refractivity contribution in [3.05, 3.63) is 52.6 Å². The number of likely N-dealkylation sites (tertiary alicyclic amines) is 1. The maximum absolute atomic E-state index is 15.3. The summed E-state index contributed by atoms with van der Waals surface area (Å²) in [5.41, 5.74) is 2.35. The zero-order chi connectivity index (χ0) is 27.9. The monoisotopic (exact) mass is 545 g/mol. The standard InChI is InChI=1S/C27H34F3N7O2/c1-14-8-21(20(28)10-18(14)16-4-6-17(7-5-16)37-12-22(38)23(39)13-37)32-26-31-11-19(27(3,29)30)25(34-26)33-24-9-15(2)35-36-24/h8-11,16-17,22-23,38-39H,4-7,12-13H2,1-3H3,(H3,31,32,33,34,35,36)/t16-,17+,22-,23-/m1/s1. The lowest BCUT2D eigenvalue weighted by atomic mass is 9.79. The number of hydrogen-bond donors (Lipinski definition) is 5. The van der Waals surface area contributed by atoms with Crippen LogP contribution in [0.1, 0.15) is 60.9 Å². The van der Waals surface area contributed by atoms with E-state index in [4.69, 9.17) is 0 Å². The molecule has 3 heterocycles. The predicted octanol–water partition coefficient (Wildman–Crippen LogP) is 4.62. The van der Waals surface area contributed by atoms with E-state index in [0.29, 0.717) is 24.9 Å². The highest BCUT2D eigenvalue weighted by molar-refractivity contribution is 5.62. The third-order valence-corrected chi connectivity index (χ3v) is 7.76. The molecule has 1 aliphatic heterocycles. The fourth-order valence-corrected chi connectivity index (χ4v) is 5.66. The Morgan fingerprint density at radius 2 is 1.72 bits per heavy atom. The zero-order valence-corrected chi connectivity index (χ0v) is 22.2. The van der Waals surface area contributed by atoms with Crippen molar-refractivity contribution in [2.24, 2.45) is 0 Å². The summed E-state index contributed by atoms with van der Waals surface area (Å²) in [6, 6.07) is 5.19. The summed E-state index contributed by atoms with van der Waals surface area (Å²) in [6.07, 6.45) is 3.23. The Balaban J connectivity index is 1.30. The lowest BCUT2D eigenvalue weighted by Gasteiger charge is -2.35. The van der Waals surface area contributed by atoms with E-state index in [1.54, 1.807) is 19.1 Å². The molecule has 9 nitrogen and oxygen atoms in total. The molecular formula is C27H34F3N7O2. The molecule has 5 rings (SSSR count). The Hall–Kier alpha value is -3.22. The van der Waals surface area contributed by atoms with Gasteiger partial charge in [-0.2, -0.15) is 10.1 Å². The summed E-state index contributed by atoms with van der Waals surface area (Å²) in [7, 11) is 0. The lowest BCUT2D eigenvalue weighted by Crippen LogP contribution is -2.37. The number of aryl methyl sites for hydroxylation is 2. The third-order valence-electron chi connectivity index (χ3n) is 7.76. The van der Waals surface area contributed by atoms with Crippen molar-refractivity contribution in [2.45, 2.75) is 76.5 Å². The van der Waals surface area contributed by atoms with E-state index in [1.165, 1.54) is 6.07 Å². The maximum Gasteiger partial charge on any atom is 0.275 e. The zero-order valence-electron chi connectivity index (χ0n) is 22.2. The number of aliphatic hydroxyl groups excluding tert-OH is 2. The number of aromatic nitrogens is 4. The van der Waals surface area contributed by atoms with Crippen LogP contribution in [-0.2, 0) is 5.92 Å². The summed E-state index contributed by atoms with van der Waals surface area (Å²) in [5, 5.41) is 32.1. The van der Waals surface area contributed by atoms with Crippen molar-refractivity contribution in [1.82, 2.24) is 25.1 Å². The third kappa shape index (κ3) is 6.02. The highest BCUT2D eigenvalue weighted by Gasteiger charge is 2.36. The molecule has 0 unspecified atom stereocenters. The molecule has 2 aromatic heterocycles. The first-order chi connectivity index (χ1) is 18.5. The Morgan fingerprint density at radius 3 is 2.33 bits per heavy atom. The minimum Gasteiger partial charge on any atom is -0.389 e. The number of hydrogen-bond acceptors (Lipinski definition) is 8. The van der Waals surface area contributed by atoms with Gasteiger partial charge in [-0.05, 0) is 68.7 Å². The number of aliphatic hydroxyl groups is 2. The van der Waals surface area contributed by atoms with Gasteiger partial charge in [0.1, 0.15) is 11.6 Å². The molecular weight excluding hydrogens is 511 g/mol. The molecule has 210 valence electrons. The second-order valence-electron chi connectivity index (χ2n) is 10.8. The molecule has 0 amide bonds. The van der Waals surface area contributed by atoms with E-state index >= 15 is 4.39 Å². The summed E-state index contributed by atoms with van der Waals surface area (Å²) < 4.78 is 43.7. The van der Waals surface area contributed by atoms with Crippen molar-refractivity contribution in [1.29, 1.82) is 0 Å². The number of anilines is 4. The van der Waals surface area contributed by atoms with E-state index in [2.05, 4.69) is 35.7 Å². The lowest BCUT2D eigenvalue weighted by molar-refractivity contribution is 0.0176. The second kappa shape index (κ2) is 10.7. The molecule has 2 atom stereocenters. The Labute approximate surface area is 224 Å². The van der Waals surface area contributed by atoms with Crippen LogP contribution in [0.5, 0.6) is 0 Å². The molecule has 1 aromatic carbocycles. The van der Waals surface area contributed by atoms with Crippen LogP contribution in [0.25, 0.3) is 0 Å². The minimum atomic E-state index is -3.21. The average molecular weight is 546 g/mol. The summed E-state index contributed by atoms with van der Waals surface area (Å²) in [4.78, 5) is 10.4. The smallest absolute Gasteiger partial charge is 0.275 e. The van der Waals surface area contributed by atoms with E-state index in [0.717, 1.165) is 55.6 Å². The van der Waals surface area contributed by atoms with Crippen LogP contribution in [0, 0.1) is 19.7 Å². The number of alkyl halides is 2. The van der Waals surface area contributed by atoms with Crippen molar-refractivity contribution in [2.75, 3.05) is 23.7 Å². The van der Waals surface area contributed by atoms with Crippen molar-refractivity contribution in [3.63, 3.8) is 0 Å². The van der Waals surface area contributed by atoms with Gasteiger partial charge < -0.3 is 20.8 Å². The van der Waals surface area contributed by atoms with Gasteiger partial charge in [0.05, 0.1) is 23.5 Å². The van der Waals surface area contributed by atoms with Gasteiger partial charge in [-0.3, -0.25) is 10.00 Å². The number of benzene rings is 1. The SMILES string of the molecule is Cc1cc(Nc2nc(Nc3cc(C)c([C@H]4CC[C@@H](N5C[C@@H](O)[C@H](O)C5)CC4)cc3F)ncc2C(C)(F)F)n[nH]1. The van der Waals surface area contributed by atoms with Gasteiger partial charge in [0, 0.05) is 44.0 Å². The fourth-order valence-electron chi connectivity index (χ4n) is 5.66. The first-order valence-corrected chi connectivity index (χ1v) is 13.2. The van der Waals surface area contributed by atoms with Crippen LogP contribution in [0.15, 0.2) is 24.4 Å². The van der Waals surface area contributed by atoms with E-state index in [1.807, 2.05) is 6.92 Å². The van der Waals surface area contributed by atoms with Gasteiger partial charge in [0.2, 0.25) is 5.95 Å². The van der Waals surface area contributed by atoms with E-state index < -0.39 is 29.5 Å². The molecule has 2 fully saturated rings. The Morgan fingerprint density at radius 1 is 1.03 bits per heavy atom. The van der Waals surface area contributed by atoms with Crippen LogP contribution in [0.2, 0.25) is 0 Å². The van der Waals surface area contributed by atoms with Gasteiger partial charge in [-0.1, -0.05) is 0 Å². The maximum atomic E-state index is 15.3. The van der Waals surface area contributed by atoms with Crippen LogP contribution in [-0.4, -0.2) is 66.6 Å². The molecule has 2 aliphatic rings. The van der Waals surface area contributed by atoms with Crippen LogP contribution in [0.3, 0.4) is 0 Å². The molecule has 0 radical (unpaired) electrons. The largest absolute Gasteiger partial charge is 0.389 e. The van der Waals surface area contributed by atoms with Crippen LogP contribution >= 0.6 is 0 Å². The number of aromatic amines is 1. The summed E-state index contributed by atoms with van der Waals surface area (Å²) in [6.45, 7) is 5.44. The second-order valence-corrected chi connectivity index (χ2v) is 10.8. The number of nitrogens with zero attached hydrogens (tertiary/aromatic N) is 4. The van der Waals surface area contributed by atoms with Crippen molar-refractivity contribution in [3.8, 4) is 0 Å². The minimum absolute atomic E-state index is 0.0284. The molecule has 0 spiro atoms. The molecule has 12 heteroatoms. The Bertz CT molecular complexity index is 1310. The van der Waals surface area contributed by atoms with Gasteiger partial charge in [-0.25, -0.2) is 18.2 Å². The van der Waals surface area contributed by atoms with Gasteiger partial charge in [0.25, 0.3) is 5.92 Å². The predicted molar refractivity (Wildman–Crippen MR) is 141 cm³/mol. The van der Waals surface area contributed by atoms with Gasteiger partial charge in [-0.15, -0.1) is 0 Å². The molecule has 1 aliphatic carbocycles. The molecule has 1 saturated carbocycles. The average Bonchev–Trinajstić information content (AvgIpc) is 3.44. The van der Waals surface area contributed by atoms with Crippen LogP contribution in [0.4, 0.5) is 36.4 Å². The van der Waals surface area contributed by atoms with Crippen molar-refractivity contribution >= 4 is 23.3 Å². The highest BCUT2D eigenvalue weighted by Crippen LogP contribution is 2.39. The normalized spacial score (nSPS) is 24.2. The van der Waals surface area contributed by atoms with E-state index in [-0.39, 0.29) is 23.4 Å². The van der Waals surface area contributed by atoms with Gasteiger partial charge in [0.15, 0.2) is 5.82 Å². The Kier molecular flexibility index (Phi) is 7.53. The first kappa shape index (κ1) is 27.4. The number of nitrogens with one attached hydrogen (secondary N) is 3. The molecule has 5 N–H and O–H groups in total. The molecule has 39 heavy (non-hydrogen) atoms. The first-order valence-electron chi connectivity index (χ1n) is 13.2. The summed E-state index contributed by atoms with van der Waals surface area (Å²) in [5.74, 6) is -3.31. The number of H-pyrrole nitrogens is 1. The molecule has 1 saturated heterocycles. The molecule has 3 aromatic rings. The highest BCUT2D eigenvalue weighted by atomic mass is 19.3. The summed E-state index contributed by atoms with van der Waals surface area (Å²) >= 11 is 0.